The zero-order valence-corrected chi connectivity index (χ0v) is 11.5. The number of imidazole rings is 1. The number of hydrogen-bond acceptors (Lipinski definition) is 4. The second-order valence-electron chi connectivity index (χ2n) is 5.12. The minimum atomic E-state index is -0.969. The molecule has 0 aromatic carbocycles. The quantitative estimate of drug-likeness (QED) is 0.864. The number of nitrogens with zero attached hydrogens (tertiary/aromatic N) is 3. The van der Waals surface area contributed by atoms with E-state index in [1.807, 2.05) is 29.7 Å². The van der Waals surface area contributed by atoms with Crippen molar-refractivity contribution in [1.29, 1.82) is 0 Å². The number of piperazine rings is 1. The molecule has 1 aliphatic heterocycles. The van der Waals surface area contributed by atoms with Gasteiger partial charge in [-0.25, -0.2) is 9.78 Å². The molecule has 0 radical (unpaired) electrons. The summed E-state index contributed by atoms with van der Waals surface area (Å²) in [7, 11) is 0. The van der Waals surface area contributed by atoms with Crippen LogP contribution in [0.25, 0.3) is 5.52 Å². The molecule has 6 heteroatoms. The highest BCUT2D eigenvalue weighted by Gasteiger charge is 2.20. The fourth-order valence-electron chi connectivity index (χ4n) is 2.70. The van der Waals surface area contributed by atoms with Gasteiger partial charge in [0.1, 0.15) is 5.82 Å². The average Bonchev–Trinajstić information content (AvgIpc) is 2.81. The fraction of sp³-hybridized carbons (Fsp3) is 0.429. The van der Waals surface area contributed by atoms with E-state index >= 15 is 0 Å². The Kier molecular flexibility index (Phi) is 3.42. The predicted octanol–water partition coefficient (Wildman–Crippen LogP) is 0.746. The van der Waals surface area contributed by atoms with Crippen LogP contribution in [0.5, 0.6) is 0 Å². The third kappa shape index (κ3) is 2.28. The Labute approximate surface area is 117 Å². The number of fused-ring (bicyclic) bond motifs is 1. The van der Waals surface area contributed by atoms with E-state index < -0.39 is 5.97 Å². The summed E-state index contributed by atoms with van der Waals surface area (Å²) in [6, 6.07) is 3.84. The fourth-order valence-corrected chi connectivity index (χ4v) is 2.70. The minimum Gasteiger partial charge on any atom is -0.476 e. The summed E-state index contributed by atoms with van der Waals surface area (Å²) in [5.74, 6) is -0.175. The number of aromatic nitrogens is 2. The lowest BCUT2D eigenvalue weighted by Crippen LogP contribution is -2.43. The molecule has 20 heavy (non-hydrogen) atoms. The van der Waals surface area contributed by atoms with Crippen molar-refractivity contribution >= 4 is 11.5 Å². The van der Waals surface area contributed by atoms with Gasteiger partial charge in [-0.05, 0) is 18.6 Å². The summed E-state index contributed by atoms with van der Waals surface area (Å²) in [5.41, 5.74) is 1.78. The van der Waals surface area contributed by atoms with Crippen LogP contribution in [-0.2, 0) is 6.54 Å². The maximum absolute atomic E-state index is 11.4. The first-order valence-corrected chi connectivity index (χ1v) is 6.80. The molecule has 6 nitrogen and oxygen atoms in total. The number of carbonyl (C=O) groups is 1. The monoisotopic (exact) mass is 274 g/mol. The van der Waals surface area contributed by atoms with Gasteiger partial charge in [-0.2, -0.15) is 0 Å². The summed E-state index contributed by atoms with van der Waals surface area (Å²) in [5, 5.41) is 12.6. The number of carboxylic acid groups (broad SMARTS) is 1. The molecule has 1 saturated heterocycles. The number of nitrogens with one attached hydrogen (secondary N) is 1. The highest BCUT2D eigenvalue weighted by atomic mass is 16.4. The second-order valence-corrected chi connectivity index (χ2v) is 5.12. The zero-order chi connectivity index (χ0) is 14.1. The molecule has 0 aliphatic carbocycles. The van der Waals surface area contributed by atoms with Crippen molar-refractivity contribution < 1.29 is 9.90 Å². The van der Waals surface area contributed by atoms with Crippen molar-refractivity contribution in [3.05, 3.63) is 35.4 Å². The molecule has 3 rings (SSSR count). The highest BCUT2D eigenvalue weighted by Crippen LogP contribution is 2.18. The van der Waals surface area contributed by atoms with E-state index in [2.05, 4.69) is 15.2 Å². The number of rotatable bonds is 3. The van der Waals surface area contributed by atoms with E-state index in [9.17, 15) is 9.90 Å². The lowest BCUT2D eigenvalue weighted by atomic mass is 10.2. The molecular formula is C14H18N4O2. The van der Waals surface area contributed by atoms with Crippen LogP contribution in [-0.4, -0.2) is 51.5 Å². The van der Waals surface area contributed by atoms with Crippen molar-refractivity contribution in [2.75, 3.05) is 26.2 Å². The smallest absolute Gasteiger partial charge is 0.356 e. The molecule has 1 fully saturated rings. The van der Waals surface area contributed by atoms with Crippen molar-refractivity contribution in [2.24, 2.45) is 0 Å². The number of aryl methyl sites for hydroxylation is 1. The zero-order valence-electron chi connectivity index (χ0n) is 11.5. The second kappa shape index (κ2) is 5.22. The van der Waals surface area contributed by atoms with Crippen molar-refractivity contribution in [3.63, 3.8) is 0 Å². The summed E-state index contributed by atoms with van der Waals surface area (Å²) >= 11 is 0. The van der Waals surface area contributed by atoms with Crippen LogP contribution in [0, 0.1) is 6.92 Å². The predicted molar refractivity (Wildman–Crippen MR) is 75.0 cm³/mol. The molecule has 0 saturated carbocycles. The average molecular weight is 274 g/mol. The molecular weight excluding hydrogens is 256 g/mol. The molecule has 2 N–H and O–H groups in total. The molecule has 3 heterocycles. The number of hydrogen-bond donors (Lipinski definition) is 2. The van der Waals surface area contributed by atoms with Crippen LogP contribution in [0.4, 0.5) is 0 Å². The lowest BCUT2D eigenvalue weighted by Gasteiger charge is -2.26. The largest absolute Gasteiger partial charge is 0.476 e. The van der Waals surface area contributed by atoms with Gasteiger partial charge in [0.25, 0.3) is 0 Å². The molecule has 0 atom stereocenters. The molecule has 2 aromatic rings. The molecule has 0 spiro atoms. The minimum absolute atomic E-state index is 0.147. The van der Waals surface area contributed by atoms with Crippen LogP contribution in [0.15, 0.2) is 18.3 Å². The van der Waals surface area contributed by atoms with Gasteiger partial charge in [-0.15, -0.1) is 0 Å². The Morgan fingerprint density at radius 1 is 1.45 bits per heavy atom. The lowest BCUT2D eigenvalue weighted by molar-refractivity contribution is 0.0693. The van der Waals surface area contributed by atoms with Crippen LogP contribution >= 0.6 is 0 Å². The van der Waals surface area contributed by atoms with Crippen molar-refractivity contribution in [1.82, 2.24) is 19.6 Å². The summed E-state index contributed by atoms with van der Waals surface area (Å²) < 4.78 is 1.90. The van der Waals surface area contributed by atoms with Crippen LogP contribution in [0.1, 0.15) is 21.9 Å². The van der Waals surface area contributed by atoms with Gasteiger partial charge in [0.2, 0.25) is 0 Å². The summed E-state index contributed by atoms with van der Waals surface area (Å²) in [6.07, 6.45) is 1.89. The van der Waals surface area contributed by atoms with E-state index in [-0.39, 0.29) is 5.69 Å². The molecule has 0 unspecified atom stereocenters. The molecule has 2 aromatic heterocycles. The Morgan fingerprint density at radius 2 is 2.20 bits per heavy atom. The van der Waals surface area contributed by atoms with Crippen LogP contribution in [0.3, 0.4) is 0 Å². The van der Waals surface area contributed by atoms with Crippen molar-refractivity contribution in [3.8, 4) is 0 Å². The standard InChI is InChI=1S/C14H18N4O2/c1-10-3-2-6-18-11(9-17-7-4-15-5-8-17)16-12(13(10)18)14(19)20/h2-3,6,15H,4-5,7-9H2,1H3,(H,19,20). The van der Waals surface area contributed by atoms with E-state index in [1.54, 1.807) is 0 Å². The van der Waals surface area contributed by atoms with E-state index in [4.69, 9.17) is 0 Å². The van der Waals surface area contributed by atoms with Gasteiger partial charge in [-0.3, -0.25) is 4.90 Å². The maximum Gasteiger partial charge on any atom is 0.356 e. The Bertz CT molecular complexity index is 644. The first kappa shape index (κ1) is 13.1. The molecule has 106 valence electrons. The van der Waals surface area contributed by atoms with E-state index in [1.165, 1.54) is 0 Å². The van der Waals surface area contributed by atoms with Crippen molar-refractivity contribution in [2.45, 2.75) is 13.5 Å². The highest BCUT2D eigenvalue weighted by molar-refractivity contribution is 5.94. The Balaban J connectivity index is 2.02. The van der Waals surface area contributed by atoms with Gasteiger partial charge in [0.05, 0.1) is 12.1 Å². The summed E-state index contributed by atoms with van der Waals surface area (Å²) in [6.45, 7) is 6.45. The third-order valence-corrected chi connectivity index (χ3v) is 3.72. The van der Waals surface area contributed by atoms with Gasteiger partial charge >= 0.3 is 5.97 Å². The van der Waals surface area contributed by atoms with Gasteiger partial charge in [0.15, 0.2) is 5.69 Å². The number of carboxylic acids is 1. The van der Waals surface area contributed by atoms with Crippen LogP contribution < -0.4 is 5.32 Å². The van der Waals surface area contributed by atoms with Gasteiger partial charge < -0.3 is 14.8 Å². The van der Waals surface area contributed by atoms with E-state index in [0.717, 1.165) is 37.6 Å². The topological polar surface area (TPSA) is 69.9 Å². The SMILES string of the molecule is Cc1cccn2c(CN3CCNCC3)nc(C(=O)O)c12. The molecule has 0 bridgehead atoms. The normalized spacial score (nSPS) is 16.6. The first-order chi connectivity index (χ1) is 9.66. The van der Waals surface area contributed by atoms with E-state index in [0.29, 0.717) is 12.1 Å². The van der Waals surface area contributed by atoms with Gasteiger partial charge in [0, 0.05) is 32.4 Å². The third-order valence-electron chi connectivity index (χ3n) is 3.72. The maximum atomic E-state index is 11.4. The Morgan fingerprint density at radius 3 is 2.90 bits per heavy atom. The Hall–Kier alpha value is -1.92. The summed E-state index contributed by atoms with van der Waals surface area (Å²) in [4.78, 5) is 18.0. The van der Waals surface area contributed by atoms with Crippen LogP contribution in [0.2, 0.25) is 0 Å². The van der Waals surface area contributed by atoms with Gasteiger partial charge in [-0.1, -0.05) is 6.07 Å². The number of pyridine rings is 1. The number of aromatic carboxylic acids is 1. The molecule has 0 amide bonds. The molecule has 1 aliphatic rings. The first-order valence-electron chi connectivity index (χ1n) is 6.80.